The van der Waals surface area contributed by atoms with Crippen molar-refractivity contribution in [2.45, 2.75) is 12.7 Å². The fourth-order valence-corrected chi connectivity index (χ4v) is 3.04. The van der Waals surface area contributed by atoms with Crippen molar-refractivity contribution in [2.75, 3.05) is 5.32 Å². The van der Waals surface area contributed by atoms with E-state index in [0.29, 0.717) is 0 Å². The van der Waals surface area contributed by atoms with Gasteiger partial charge in [-0.2, -0.15) is 8.78 Å². The lowest BCUT2D eigenvalue weighted by molar-refractivity contribution is -0.384. The molecule has 0 saturated heterocycles. The number of nitro groups is 1. The van der Waals surface area contributed by atoms with Crippen molar-refractivity contribution in [1.29, 1.82) is 0 Å². The smallest absolute Gasteiger partial charge is 0.387 e. The second-order valence-corrected chi connectivity index (χ2v) is 6.89. The summed E-state index contributed by atoms with van der Waals surface area (Å²) in [5.41, 5.74) is -0.251. The van der Waals surface area contributed by atoms with Gasteiger partial charge in [0.15, 0.2) is 0 Å². The summed E-state index contributed by atoms with van der Waals surface area (Å²) in [4.78, 5) is 36.0. The molecule has 1 atom stereocenters. The molecule has 170 valence electrons. The molecule has 33 heavy (non-hydrogen) atoms. The predicted molar refractivity (Wildman–Crippen MR) is 114 cm³/mol. The molecule has 3 rings (SSSR count). The minimum absolute atomic E-state index is 0.0469. The van der Waals surface area contributed by atoms with Gasteiger partial charge in [0.25, 0.3) is 11.6 Å². The number of rotatable bonds is 8. The summed E-state index contributed by atoms with van der Waals surface area (Å²) in [6.45, 7) is -3.17. The minimum Gasteiger partial charge on any atom is -0.444 e. The van der Waals surface area contributed by atoms with Crippen LogP contribution in [0.2, 0.25) is 5.02 Å². The first-order chi connectivity index (χ1) is 15.8. The van der Waals surface area contributed by atoms with Gasteiger partial charge in [-0.3, -0.25) is 14.9 Å². The Kier molecular flexibility index (Phi) is 7.52. The number of ether oxygens (including phenoxy) is 2. The molecule has 0 saturated carbocycles. The van der Waals surface area contributed by atoms with Gasteiger partial charge in [-0.15, -0.1) is 0 Å². The third-order valence-electron chi connectivity index (χ3n) is 4.31. The van der Waals surface area contributed by atoms with Crippen LogP contribution in [0.4, 0.5) is 20.2 Å². The molecule has 0 bridgehead atoms. The zero-order chi connectivity index (χ0) is 24.0. The second kappa shape index (κ2) is 10.5. The van der Waals surface area contributed by atoms with Gasteiger partial charge in [0, 0.05) is 17.7 Å². The van der Waals surface area contributed by atoms with Crippen LogP contribution in [0.25, 0.3) is 0 Å². The predicted octanol–water partition coefficient (Wildman–Crippen LogP) is 5.39. The average Bonchev–Trinajstić information content (AvgIpc) is 2.79. The summed E-state index contributed by atoms with van der Waals surface area (Å²) in [5.74, 6) is -2.31. The highest BCUT2D eigenvalue weighted by molar-refractivity contribution is 6.34. The molecule has 0 spiro atoms. The zero-order valence-electron chi connectivity index (χ0n) is 16.6. The number of anilines is 1. The van der Waals surface area contributed by atoms with Gasteiger partial charge in [-0.05, 0) is 18.2 Å². The summed E-state index contributed by atoms with van der Waals surface area (Å²) in [6.07, 6.45) is -1.50. The third-order valence-corrected chi connectivity index (χ3v) is 4.62. The number of nitro benzene ring substituents is 1. The van der Waals surface area contributed by atoms with Gasteiger partial charge in [0.1, 0.15) is 11.3 Å². The molecule has 8 nitrogen and oxygen atoms in total. The Balaban J connectivity index is 1.88. The van der Waals surface area contributed by atoms with Crippen molar-refractivity contribution in [1.82, 2.24) is 0 Å². The van der Waals surface area contributed by atoms with E-state index in [1.54, 1.807) is 18.2 Å². The van der Waals surface area contributed by atoms with E-state index in [1.807, 2.05) is 0 Å². The van der Waals surface area contributed by atoms with Crippen LogP contribution in [-0.2, 0) is 9.53 Å². The first kappa shape index (κ1) is 23.6. The van der Waals surface area contributed by atoms with Crippen molar-refractivity contribution in [2.24, 2.45) is 0 Å². The second-order valence-electron chi connectivity index (χ2n) is 6.48. The number of hydrogen-bond acceptors (Lipinski definition) is 6. The van der Waals surface area contributed by atoms with E-state index in [9.17, 15) is 28.5 Å². The number of hydrogen-bond donors (Lipinski definition) is 1. The molecular weight excluding hydrogens is 462 g/mol. The largest absolute Gasteiger partial charge is 0.444 e. The molecule has 0 heterocycles. The number of nitrogens with one attached hydrogen (secondary N) is 1. The summed E-state index contributed by atoms with van der Waals surface area (Å²) >= 11 is 6.02. The number of alkyl halides is 2. The topological polar surface area (TPSA) is 108 Å². The summed E-state index contributed by atoms with van der Waals surface area (Å²) in [6, 6.07) is 16.6. The lowest BCUT2D eigenvalue weighted by Crippen LogP contribution is -2.26. The van der Waals surface area contributed by atoms with Gasteiger partial charge in [0.2, 0.25) is 6.10 Å². The van der Waals surface area contributed by atoms with Crippen molar-refractivity contribution >= 4 is 34.9 Å². The van der Waals surface area contributed by atoms with Crippen molar-refractivity contribution in [3.63, 3.8) is 0 Å². The molecule has 3 aromatic rings. The Morgan fingerprint density at radius 3 is 2.30 bits per heavy atom. The maximum absolute atomic E-state index is 13.0. The summed E-state index contributed by atoms with van der Waals surface area (Å²) in [7, 11) is 0. The minimum atomic E-state index is -3.17. The first-order valence-electron chi connectivity index (χ1n) is 9.31. The van der Waals surface area contributed by atoms with Gasteiger partial charge >= 0.3 is 12.6 Å². The average molecular weight is 477 g/mol. The molecule has 0 fully saturated rings. The van der Waals surface area contributed by atoms with Crippen LogP contribution in [0.1, 0.15) is 22.0 Å². The van der Waals surface area contributed by atoms with Crippen LogP contribution in [0.3, 0.4) is 0 Å². The van der Waals surface area contributed by atoms with Gasteiger partial charge in [0.05, 0.1) is 15.6 Å². The van der Waals surface area contributed by atoms with Crippen LogP contribution >= 0.6 is 11.6 Å². The van der Waals surface area contributed by atoms with E-state index < -0.39 is 35.3 Å². The third kappa shape index (κ3) is 6.01. The van der Waals surface area contributed by atoms with Crippen molar-refractivity contribution in [3.05, 3.63) is 99.1 Å². The zero-order valence-corrected chi connectivity index (χ0v) is 17.4. The van der Waals surface area contributed by atoms with E-state index in [0.717, 1.165) is 18.2 Å². The lowest BCUT2D eigenvalue weighted by atomic mass is 10.1. The molecule has 11 heteroatoms. The molecule has 1 N–H and O–H groups in total. The normalized spacial score (nSPS) is 11.5. The van der Waals surface area contributed by atoms with E-state index in [2.05, 4.69) is 10.1 Å². The van der Waals surface area contributed by atoms with Crippen molar-refractivity contribution < 1.29 is 32.8 Å². The van der Waals surface area contributed by atoms with Crippen LogP contribution in [0.5, 0.6) is 5.75 Å². The Morgan fingerprint density at radius 1 is 1.00 bits per heavy atom. The van der Waals surface area contributed by atoms with E-state index >= 15 is 0 Å². The maximum Gasteiger partial charge on any atom is 0.387 e. The van der Waals surface area contributed by atoms with Crippen molar-refractivity contribution in [3.8, 4) is 5.75 Å². The first-order valence-corrected chi connectivity index (χ1v) is 9.68. The molecule has 3 aromatic carbocycles. The SMILES string of the molecule is O=C(OC(C(=O)Nc1ccc([N+](=O)[O-])cc1Cl)c1ccccc1)c1ccccc1OC(F)F. The van der Waals surface area contributed by atoms with Crippen LogP contribution in [0.15, 0.2) is 72.8 Å². The lowest BCUT2D eigenvalue weighted by Gasteiger charge is -2.19. The number of nitrogens with zero attached hydrogens (tertiary/aromatic N) is 1. The molecule has 0 aliphatic rings. The number of benzene rings is 3. The van der Waals surface area contributed by atoms with E-state index in [4.69, 9.17) is 16.3 Å². The van der Waals surface area contributed by atoms with Crippen LogP contribution in [-0.4, -0.2) is 23.4 Å². The number of carbonyl (C=O) groups is 2. The summed E-state index contributed by atoms with van der Waals surface area (Å²) < 4.78 is 35.1. The highest BCUT2D eigenvalue weighted by Gasteiger charge is 2.28. The van der Waals surface area contributed by atoms with Gasteiger partial charge in [-0.1, -0.05) is 54.1 Å². The molecule has 0 aromatic heterocycles. The maximum atomic E-state index is 13.0. The Hall–Kier alpha value is -4.05. The number of para-hydroxylation sites is 1. The fraction of sp³-hybridized carbons (Fsp3) is 0.0909. The molecule has 0 aliphatic heterocycles. The molecular formula is C22H15ClF2N2O6. The van der Waals surface area contributed by atoms with Gasteiger partial charge < -0.3 is 14.8 Å². The summed E-state index contributed by atoms with van der Waals surface area (Å²) in [5, 5.41) is 13.2. The Bertz CT molecular complexity index is 1180. The van der Waals surface area contributed by atoms with E-state index in [-0.39, 0.29) is 27.5 Å². The number of halogens is 3. The Labute approximate surface area is 190 Å². The monoisotopic (exact) mass is 476 g/mol. The van der Waals surface area contributed by atoms with Crippen LogP contribution in [0, 0.1) is 10.1 Å². The fourth-order valence-electron chi connectivity index (χ4n) is 2.82. The number of esters is 1. The molecule has 0 aliphatic carbocycles. The Morgan fingerprint density at radius 2 is 1.67 bits per heavy atom. The number of non-ortho nitro benzene ring substituents is 1. The molecule has 1 amide bonds. The van der Waals surface area contributed by atoms with Crippen LogP contribution < -0.4 is 10.1 Å². The number of amides is 1. The molecule has 0 radical (unpaired) electrons. The van der Waals surface area contributed by atoms with Gasteiger partial charge in [-0.25, -0.2) is 4.79 Å². The quantitative estimate of drug-likeness (QED) is 0.265. The van der Waals surface area contributed by atoms with E-state index in [1.165, 1.54) is 36.4 Å². The number of carbonyl (C=O) groups excluding carboxylic acids is 2. The molecule has 1 unspecified atom stereocenters. The highest BCUT2D eigenvalue weighted by Crippen LogP contribution is 2.30. The standard InChI is InChI=1S/C22H15ClF2N2O6/c23-16-12-14(27(30)31)10-11-17(16)26-20(28)19(13-6-2-1-3-7-13)33-21(29)15-8-4-5-9-18(15)32-22(24)25/h1-12,19,22H,(H,26,28). The highest BCUT2D eigenvalue weighted by atomic mass is 35.5.